The van der Waals surface area contributed by atoms with E-state index in [1.54, 1.807) is 0 Å². The van der Waals surface area contributed by atoms with Crippen LogP contribution in [0.4, 0.5) is 0 Å². The molecule has 57 heavy (non-hydrogen) atoms. The van der Waals surface area contributed by atoms with Crippen molar-refractivity contribution >= 4 is 21.5 Å². The van der Waals surface area contributed by atoms with Crippen molar-refractivity contribution in [2.75, 3.05) is 0 Å². The van der Waals surface area contributed by atoms with Gasteiger partial charge in [-0.2, -0.15) is 0 Å². The lowest BCUT2D eigenvalue weighted by Crippen LogP contribution is -2.25. The van der Waals surface area contributed by atoms with Crippen LogP contribution in [0.1, 0.15) is 22.3 Å². The predicted octanol–water partition coefficient (Wildman–Crippen LogP) is 13.2. The van der Waals surface area contributed by atoms with E-state index < -0.39 is 5.41 Å². The van der Waals surface area contributed by atoms with Crippen molar-refractivity contribution in [3.63, 3.8) is 0 Å². The molecule has 9 aromatic carbocycles. The van der Waals surface area contributed by atoms with Gasteiger partial charge in [0.1, 0.15) is 0 Å². The van der Waals surface area contributed by atoms with Crippen molar-refractivity contribution < 1.29 is 0 Å². The van der Waals surface area contributed by atoms with Gasteiger partial charge in [0.2, 0.25) is 0 Å². The number of fused-ring (bicyclic) bond motifs is 12. The first-order valence-electron chi connectivity index (χ1n) is 19.5. The summed E-state index contributed by atoms with van der Waals surface area (Å²) in [7, 11) is 0. The van der Waals surface area contributed by atoms with E-state index in [1.807, 2.05) is 18.2 Å². The zero-order chi connectivity index (χ0) is 37.5. The molecule has 1 heterocycles. The minimum atomic E-state index is -0.457. The van der Waals surface area contributed by atoms with Gasteiger partial charge in [0.25, 0.3) is 0 Å². The van der Waals surface area contributed by atoms with E-state index in [4.69, 9.17) is 15.0 Å². The Kier molecular flexibility index (Phi) is 6.84. The fourth-order valence-corrected chi connectivity index (χ4v) is 9.78. The standard InChI is InChI=1S/C54H33N3/c1-2-16-35(17-3-1)51-55-52(57-53(56-51)46-27-14-25-40-39(24-13-26-41(40)46)38-23-12-18-34-15-4-5-19-37(34)38)36-31-32-45-44-22-8-11-30-49(44)54(50(45)33-36)47-28-9-6-20-42(47)43-21-7-10-29-48(43)54/h1-33H. The highest BCUT2D eigenvalue weighted by atomic mass is 15.0. The van der Waals surface area contributed by atoms with E-state index in [1.165, 1.54) is 66.4 Å². The zero-order valence-corrected chi connectivity index (χ0v) is 30.9. The molecule has 0 unspecified atom stereocenters. The zero-order valence-electron chi connectivity index (χ0n) is 30.9. The van der Waals surface area contributed by atoms with Crippen LogP contribution in [-0.4, -0.2) is 15.0 Å². The van der Waals surface area contributed by atoms with Gasteiger partial charge in [-0.3, -0.25) is 0 Å². The normalized spacial score (nSPS) is 13.1. The Labute approximate surface area is 330 Å². The smallest absolute Gasteiger partial charge is 0.164 e. The molecular formula is C54H33N3. The molecule has 12 rings (SSSR count). The lowest BCUT2D eigenvalue weighted by Gasteiger charge is -2.30. The second kappa shape index (κ2) is 12.3. The van der Waals surface area contributed by atoms with Crippen LogP contribution >= 0.6 is 0 Å². The first-order valence-corrected chi connectivity index (χ1v) is 19.5. The number of rotatable bonds is 4. The third-order valence-electron chi connectivity index (χ3n) is 12.2. The largest absolute Gasteiger partial charge is 0.208 e. The molecule has 10 aromatic rings. The first kappa shape index (κ1) is 31.8. The Bertz CT molecular complexity index is 3190. The molecule has 0 N–H and O–H groups in total. The molecule has 0 atom stereocenters. The molecule has 0 radical (unpaired) electrons. The van der Waals surface area contributed by atoms with Gasteiger partial charge in [0, 0.05) is 16.7 Å². The molecule has 3 nitrogen and oxygen atoms in total. The van der Waals surface area contributed by atoms with Gasteiger partial charge >= 0.3 is 0 Å². The second-order valence-electron chi connectivity index (χ2n) is 15.1. The van der Waals surface area contributed by atoms with E-state index in [0.29, 0.717) is 17.5 Å². The van der Waals surface area contributed by atoms with Gasteiger partial charge in [0.15, 0.2) is 17.5 Å². The Morgan fingerprint density at radius 2 is 0.702 bits per heavy atom. The van der Waals surface area contributed by atoms with Gasteiger partial charge in [0.05, 0.1) is 5.41 Å². The molecule has 0 saturated carbocycles. The third kappa shape index (κ3) is 4.57. The number of hydrogen-bond acceptors (Lipinski definition) is 3. The van der Waals surface area contributed by atoms with Crippen molar-refractivity contribution in [2.45, 2.75) is 5.41 Å². The molecule has 3 heteroatoms. The van der Waals surface area contributed by atoms with E-state index in [2.05, 4.69) is 182 Å². The summed E-state index contributed by atoms with van der Waals surface area (Å²) in [5.41, 5.74) is 15.1. The van der Waals surface area contributed by atoms with Gasteiger partial charge in [-0.05, 0) is 83.2 Å². The van der Waals surface area contributed by atoms with Crippen LogP contribution in [-0.2, 0) is 5.41 Å². The maximum absolute atomic E-state index is 5.36. The van der Waals surface area contributed by atoms with Gasteiger partial charge in [-0.1, -0.05) is 194 Å². The SMILES string of the molecule is c1ccc(-c2nc(-c3ccc4c(c3)C3(c5ccccc5-c5ccccc53)c3ccccc3-4)nc(-c3cccc4c(-c5cccc6ccccc56)cccc34)n2)cc1. The highest BCUT2D eigenvalue weighted by Gasteiger charge is 2.51. The van der Waals surface area contributed by atoms with Crippen molar-refractivity contribution in [1.29, 1.82) is 0 Å². The number of nitrogens with zero attached hydrogens (tertiary/aromatic N) is 3. The van der Waals surface area contributed by atoms with Crippen LogP contribution in [0.5, 0.6) is 0 Å². The molecule has 2 aliphatic carbocycles. The van der Waals surface area contributed by atoms with Crippen LogP contribution in [0.15, 0.2) is 200 Å². The number of benzene rings is 9. The summed E-state index contributed by atoms with van der Waals surface area (Å²) in [6.07, 6.45) is 0. The highest BCUT2D eigenvalue weighted by Crippen LogP contribution is 2.63. The van der Waals surface area contributed by atoms with E-state index in [9.17, 15) is 0 Å². The monoisotopic (exact) mass is 723 g/mol. The predicted molar refractivity (Wildman–Crippen MR) is 233 cm³/mol. The molecular weight excluding hydrogens is 691 g/mol. The topological polar surface area (TPSA) is 38.7 Å². The summed E-state index contributed by atoms with van der Waals surface area (Å²) in [6, 6.07) is 72.0. The van der Waals surface area contributed by atoms with Gasteiger partial charge < -0.3 is 0 Å². The quantitative estimate of drug-likeness (QED) is 0.181. The average molecular weight is 724 g/mol. The number of aromatic nitrogens is 3. The summed E-state index contributed by atoms with van der Waals surface area (Å²) in [4.78, 5) is 15.8. The fourth-order valence-electron chi connectivity index (χ4n) is 9.78. The molecule has 0 saturated heterocycles. The van der Waals surface area contributed by atoms with Crippen molar-refractivity contribution in [3.8, 4) is 67.5 Å². The Balaban J connectivity index is 1.09. The molecule has 264 valence electrons. The third-order valence-corrected chi connectivity index (χ3v) is 12.2. The van der Waals surface area contributed by atoms with Gasteiger partial charge in [-0.15, -0.1) is 0 Å². The van der Waals surface area contributed by atoms with Crippen LogP contribution in [0.2, 0.25) is 0 Å². The number of hydrogen-bond donors (Lipinski definition) is 0. The van der Waals surface area contributed by atoms with E-state index in [-0.39, 0.29) is 0 Å². The summed E-state index contributed by atoms with van der Waals surface area (Å²) in [5, 5.41) is 4.71. The summed E-state index contributed by atoms with van der Waals surface area (Å²) in [5.74, 6) is 1.94. The Morgan fingerprint density at radius 3 is 1.39 bits per heavy atom. The molecule has 0 aliphatic heterocycles. The molecule has 2 aliphatic rings. The van der Waals surface area contributed by atoms with E-state index in [0.717, 1.165) is 27.5 Å². The lowest BCUT2D eigenvalue weighted by atomic mass is 9.70. The van der Waals surface area contributed by atoms with E-state index >= 15 is 0 Å². The summed E-state index contributed by atoms with van der Waals surface area (Å²) < 4.78 is 0. The average Bonchev–Trinajstić information content (AvgIpc) is 3.76. The molecule has 1 aromatic heterocycles. The Morgan fingerprint density at radius 1 is 0.263 bits per heavy atom. The van der Waals surface area contributed by atoms with Crippen molar-refractivity contribution in [2.24, 2.45) is 0 Å². The summed E-state index contributed by atoms with van der Waals surface area (Å²) in [6.45, 7) is 0. The second-order valence-corrected chi connectivity index (χ2v) is 15.1. The van der Waals surface area contributed by atoms with Crippen molar-refractivity contribution in [1.82, 2.24) is 15.0 Å². The Hall–Kier alpha value is -7.49. The fraction of sp³-hybridized carbons (Fsp3) is 0.0185. The molecule has 1 spiro atoms. The molecule has 0 fully saturated rings. The molecule has 0 bridgehead atoms. The highest BCUT2D eigenvalue weighted by molar-refractivity contribution is 6.09. The van der Waals surface area contributed by atoms with Crippen LogP contribution < -0.4 is 0 Å². The maximum Gasteiger partial charge on any atom is 0.164 e. The molecule has 0 amide bonds. The van der Waals surface area contributed by atoms with Crippen LogP contribution in [0.3, 0.4) is 0 Å². The van der Waals surface area contributed by atoms with Crippen LogP contribution in [0, 0.1) is 0 Å². The van der Waals surface area contributed by atoms with Gasteiger partial charge in [-0.25, -0.2) is 15.0 Å². The minimum absolute atomic E-state index is 0.457. The maximum atomic E-state index is 5.36. The van der Waals surface area contributed by atoms with Crippen molar-refractivity contribution in [3.05, 3.63) is 222 Å². The lowest BCUT2D eigenvalue weighted by molar-refractivity contribution is 0.794. The summed E-state index contributed by atoms with van der Waals surface area (Å²) >= 11 is 0. The first-order chi connectivity index (χ1) is 28.3. The van der Waals surface area contributed by atoms with Crippen LogP contribution in [0.25, 0.3) is 89.1 Å². The minimum Gasteiger partial charge on any atom is -0.208 e.